The number of rotatable bonds is 8. The van der Waals surface area contributed by atoms with E-state index in [1.807, 2.05) is 88.4 Å². The number of alkyl carbamates (subject to hydrolysis) is 1. The van der Waals surface area contributed by atoms with Crippen LogP contribution in [0.2, 0.25) is 0 Å². The second kappa shape index (κ2) is 12.3. The summed E-state index contributed by atoms with van der Waals surface area (Å²) in [6.07, 6.45) is -0.0181. The molecule has 0 aromatic heterocycles. The van der Waals surface area contributed by atoms with Crippen LogP contribution >= 0.6 is 0 Å². The van der Waals surface area contributed by atoms with Gasteiger partial charge in [0.1, 0.15) is 17.7 Å². The quantitative estimate of drug-likeness (QED) is 0.346. The molecule has 0 bridgehead atoms. The number of aryl methyl sites for hydroxylation is 2. The molecule has 7 nitrogen and oxygen atoms in total. The smallest absolute Gasteiger partial charge is 0.408 e. The predicted molar refractivity (Wildman–Crippen MR) is 157 cm³/mol. The van der Waals surface area contributed by atoms with Gasteiger partial charge in [-0.05, 0) is 69.0 Å². The van der Waals surface area contributed by atoms with Crippen LogP contribution < -0.4 is 10.6 Å². The van der Waals surface area contributed by atoms with Crippen LogP contribution in [0.5, 0.6) is 0 Å². The van der Waals surface area contributed by atoms with E-state index in [0.29, 0.717) is 17.7 Å². The van der Waals surface area contributed by atoms with Gasteiger partial charge in [-0.2, -0.15) is 0 Å². The summed E-state index contributed by atoms with van der Waals surface area (Å²) in [6.45, 7) is 13.1. The van der Waals surface area contributed by atoms with Gasteiger partial charge in [-0.15, -0.1) is 0 Å². The fourth-order valence-electron chi connectivity index (χ4n) is 4.66. The molecule has 0 spiro atoms. The predicted octanol–water partition coefficient (Wildman–Crippen LogP) is 6.53. The lowest BCUT2D eigenvalue weighted by atomic mass is 9.95. The normalized spacial score (nSPS) is 13.7. The summed E-state index contributed by atoms with van der Waals surface area (Å²) < 4.78 is 5.43. The molecule has 3 rings (SSSR count). The van der Waals surface area contributed by atoms with Crippen molar-refractivity contribution in [3.05, 3.63) is 77.4 Å². The summed E-state index contributed by atoms with van der Waals surface area (Å²) in [4.78, 5) is 41.9. The van der Waals surface area contributed by atoms with Crippen LogP contribution in [0.4, 0.5) is 10.5 Å². The van der Waals surface area contributed by atoms with Gasteiger partial charge in [0, 0.05) is 12.7 Å². The van der Waals surface area contributed by atoms with Crippen molar-refractivity contribution in [3.63, 3.8) is 0 Å². The lowest BCUT2D eigenvalue weighted by Crippen LogP contribution is -2.53. The Morgan fingerprint density at radius 2 is 1.54 bits per heavy atom. The number of amides is 3. The lowest BCUT2D eigenvalue weighted by molar-refractivity contribution is -0.140. The minimum Gasteiger partial charge on any atom is -0.444 e. The number of carbonyl (C=O) groups is 3. The van der Waals surface area contributed by atoms with Crippen LogP contribution in [0.15, 0.2) is 60.7 Å². The van der Waals surface area contributed by atoms with E-state index >= 15 is 0 Å². The van der Waals surface area contributed by atoms with Crippen molar-refractivity contribution in [3.8, 4) is 0 Å². The first kappa shape index (κ1) is 29.7. The minimum atomic E-state index is -0.922. The van der Waals surface area contributed by atoms with Crippen LogP contribution in [0.1, 0.15) is 63.8 Å². The molecule has 0 fully saturated rings. The Labute approximate surface area is 231 Å². The molecule has 208 valence electrons. The molecule has 39 heavy (non-hydrogen) atoms. The molecule has 0 aliphatic carbocycles. The number of fused-ring (bicyclic) bond motifs is 1. The molecule has 0 saturated heterocycles. The van der Waals surface area contributed by atoms with E-state index in [2.05, 4.69) is 10.6 Å². The maximum atomic E-state index is 13.9. The molecule has 0 heterocycles. The average molecular weight is 532 g/mol. The van der Waals surface area contributed by atoms with E-state index in [-0.39, 0.29) is 17.7 Å². The number of hydrogen-bond donors (Lipinski definition) is 2. The highest BCUT2D eigenvalue weighted by Gasteiger charge is 2.36. The number of likely N-dealkylation sites (N-methyl/N-ethyl adjacent to an activating group) is 1. The second-order valence-electron chi connectivity index (χ2n) is 11.3. The molecular weight excluding hydrogens is 490 g/mol. The van der Waals surface area contributed by atoms with E-state index in [0.717, 1.165) is 21.9 Å². The third kappa shape index (κ3) is 7.82. The zero-order chi connectivity index (χ0) is 28.9. The molecule has 3 atom stereocenters. The van der Waals surface area contributed by atoms with Gasteiger partial charge in [0.15, 0.2) is 0 Å². The first-order chi connectivity index (χ1) is 18.3. The Hall–Kier alpha value is -3.87. The van der Waals surface area contributed by atoms with Crippen molar-refractivity contribution >= 4 is 34.4 Å². The largest absolute Gasteiger partial charge is 0.444 e. The van der Waals surface area contributed by atoms with Gasteiger partial charge in [0.25, 0.3) is 5.91 Å². The molecule has 3 amide bonds. The van der Waals surface area contributed by atoms with Crippen molar-refractivity contribution in [2.24, 2.45) is 5.92 Å². The Kier molecular flexibility index (Phi) is 9.38. The summed E-state index contributed by atoms with van der Waals surface area (Å²) in [6, 6.07) is 17.7. The summed E-state index contributed by atoms with van der Waals surface area (Å²) in [5.41, 5.74) is 2.60. The number of hydrogen-bond acceptors (Lipinski definition) is 4. The number of carbonyl (C=O) groups excluding carboxylic acids is 3. The van der Waals surface area contributed by atoms with Crippen molar-refractivity contribution in [1.29, 1.82) is 0 Å². The Bertz CT molecular complexity index is 1320. The Morgan fingerprint density at radius 1 is 0.923 bits per heavy atom. The molecule has 0 radical (unpaired) electrons. The number of benzene rings is 3. The molecule has 3 aromatic carbocycles. The van der Waals surface area contributed by atoms with E-state index in [4.69, 9.17) is 4.74 Å². The highest BCUT2D eigenvalue weighted by molar-refractivity contribution is 6.00. The number of anilines is 1. The maximum absolute atomic E-state index is 13.9. The average Bonchev–Trinajstić information content (AvgIpc) is 2.84. The van der Waals surface area contributed by atoms with Gasteiger partial charge in [0.2, 0.25) is 5.91 Å². The van der Waals surface area contributed by atoms with Crippen molar-refractivity contribution in [1.82, 2.24) is 10.2 Å². The molecule has 0 saturated carbocycles. The SMILES string of the molecule is CCC(C)C(NC(=O)OC(C)(C)C)C(=O)N(C)C(C(=O)Nc1ccc2ccccc2c1)c1cc(C)cc(C)c1. The van der Waals surface area contributed by atoms with Crippen molar-refractivity contribution < 1.29 is 19.1 Å². The first-order valence-electron chi connectivity index (χ1n) is 13.4. The van der Waals surface area contributed by atoms with Crippen LogP contribution in [-0.2, 0) is 14.3 Å². The maximum Gasteiger partial charge on any atom is 0.408 e. The van der Waals surface area contributed by atoms with Gasteiger partial charge < -0.3 is 20.3 Å². The van der Waals surface area contributed by atoms with E-state index < -0.39 is 23.8 Å². The van der Waals surface area contributed by atoms with Gasteiger partial charge in [0.05, 0.1) is 0 Å². The topological polar surface area (TPSA) is 87.7 Å². The molecule has 2 N–H and O–H groups in total. The fourth-order valence-corrected chi connectivity index (χ4v) is 4.66. The number of nitrogens with zero attached hydrogens (tertiary/aromatic N) is 1. The van der Waals surface area contributed by atoms with Crippen molar-refractivity contribution in [2.75, 3.05) is 12.4 Å². The molecule has 3 aromatic rings. The van der Waals surface area contributed by atoms with E-state index in [9.17, 15) is 14.4 Å². The second-order valence-corrected chi connectivity index (χ2v) is 11.3. The molecule has 7 heteroatoms. The monoisotopic (exact) mass is 531 g/mol. The van der Waals surface area contributed by atoms with Crippen LogP contribution in [-0.4, -0.2) is 41.5 Å². The van der Waals surface area contributed by atoms with Crippen LogP contribution in [0.25, 0.3) is 10.8 Å². The number of ether oxygens (including phenoxy) is 1. The Morgan fingerprint density at radius 3 is 2.13 bits per heavy atom. The molecular formula is C32H41N3O4. The van der Waals surface area contributed by atoms with Gasteiger partial charge >= 0.3 is 6.09 Å². The third-order valence-electron chi connectivity index (χ3n) is 6.71. The van der Waals surface area contributed by atoms with Gasteiger partial charge in [-0.1, -0.05) is 79.9 Å². The summed E-state index contributed by atoms with van der Waals surface area (Å²) >= 11 is 0. The van der Waals surface area contributed by atoms with Crippen LogP contribution in [0, 0.1) is 19.8 Å². The Balaban J connectivity index is 1.97. The summed E-state index contributed by atoms with van der Waals surface area (Å²) in [7, 11) is 1.61. The lowest BCUT2D eigenvalue weighted by Gasteiger charge is -2.33. The zero-order valence-corrected chi connectivity index (χ0v) is 24.3. The zero-order valence-electron chi connectivity index (χ0n) is 24.3. The van der Waals surface area contributed by atoms with Gasteiger partial charge in [-0.25, -0.2) is 4.79 Å². The minimum absolute atomic E-state index is 0.184. The van der Waals surface area contributed by atoms with Gasteiger partial charge in [-0.3, -0.25) is 9.59 Å². The molecule has 3 unspecified atom stereocenters. The van der Waals surface area contributed by atoms with E-state index in [1.165, 1.54) is 4.90 Å². The number of nitrogens with one attached hydrogen (secondary N) is 2. The first-order valence-corrected chi connectivity index (χ1v) is 13.4. The highest BCUT2D eigenvalue weighted by Crippen LogP contribution is 2.27. The summed E-state index contributed by atoms with van der Waals surface area (Å²) in [5.74, 6) is -0.893. The fraction of sp³-hybridized carbons (Fsp3) is 0.406. The molecule has 0 aliphatic rings. The standard InChI is InChI=1S/C32H41N3O4/c1-9-22(4)27(34-31(38)39-32(5,6)7)30(37)35(8)28(25-17-20(2)16-21(3)18-25)29(36)33-26-15-14-23-12-10-11-13-24(23)19-26/h10-19,22,27-28H,9H2,1-8H3,(H,33,36)(H,34,38). The molecule has 0 aliphatic heterocycles. The third-order valence-corrected chi connectivity index (χ3v) is 6.71. The van der Waals surface area contributed by atoms with Crippen molar-refractivity contribution in [2.45, 2.75) is 72.6 Å². The van der Waals surface area contributed by atoms with E-state index in [1.54, 1.807) is 27.8 Å². The van der Waals surface area contributed by atoms with Crippen LogP contribution in [0.3, 0.4) is 0 Å². The highest BCUT2D eigenvalue weighted by atomic mass is 16.6. The summed E-state index contributed by atoms with van der Waals surface area (Å²) in [5, 5.41) is 7.84.